The van der Waals surface area contributed by atoms with E-state index in [1.165, 1.54) is 0 Å². The van der Waals surface area contributed by atoms with Crippen LogP contribution in [0.3, 0.4) is 0 Å². The Morgan fingerprint density at radius 1 is 1.31 bits per heavy atom. The summed E-state index contributed by atoms with van der Waals surface area (Å²) in [5, 5.41) is 0. The minimum Gasteiger partial charge on any atom is -0.379 e. The predicted octanol–water partition coefficient (Wildman–Crippen LogP) is 1.49. The minimum absolute atomic E-state index is 0.199. The quantitative estimate of drug-likeness (QED) is 0.753. The monoisotopic (exact) mass is 242 g/mol. The van der Waals surface area contributed by atoms with Crippen LogP contribution in [0.1, 0.15) is 12.0 Å². The number of benzene rings is 1. The van der Waals surface area contributed by atoms with Crippen molar-refractivity contribution in [3.8, 4) is 0 Å². The van der Waals surface area contributed by atoms with E-state index < -0.39 is 10.1 Å². The SMILES string of the molecule is Cc1ccc(S(=O)(=O)O[C@H]2CCOC2)cc1. The van der Waals surface area contributed by atoms with Crippen molar-refractivity contribution in [3.63, 3.8) is 0 Å². The summed E-state index contributed by atoms with van der Waals surface area (Å²) in [7, 11) is -3.64. The first-order valence-corrected chi connectivity index (χ1v) is 6.56. The third-order valence-electron chi connectivity index (χ3n) is 2.46. The highest BCUT2D eigenvalue weighted by Crippen LogP contribution is 2.18. The van der Waals surface area contributed by atoms with E-state index in [-0.39, 0.29) is 11.0 Å². The molecule has 1 aliphatic rings. The van der Waals surface area contributed by atoms with E-state index in [1.54, 1.807) is 24.3 Å². The molecule has 1 aromatic rings. The molecular formula is C11H14O4S. The molecule has 0 saturated carbocycles. The van der Waals surface area contributed by atoms with Crippen molar-refractivity contribution in [2.24, 2.45) is 0 Å². The molecule has 0 unspecified atom stereocenters. The Morgan fingerprint density at radius 3 is 2.56 bits per heavy atom. The van der Waals surface area contributed by atoms with Crippen molar-refractivity contribution >= 4 is 10.1 Å². The summed E-state index contributed by atoms with van der Waals surface area (Å²) in [6.07, 6.45) is 0.289. The molecule has 2 rings (SSSR count). The van der Waals surface area contributed by atoms with Crippen LogP contribution in [0.4, 0.5) is 0 Å². The second-order valence-corrected chi connectivity index (χ2v) is 5.42. The van der Waals surface area contributed by atoms with Gasteiger partial charge in [0.15, 0.2) is 0 Å². The first-order valence-electron chi connectivity index (χ1n) is 5.16. The molecule has 1 saturated heterocycles. The molecule has 1 atom stereocenters. The van der Waals surface area contributed by atoms with Crippen LogP contribution in [-0.2, 0) is 19.0 Å². The lowest BCUT2D eigenvalue weighted by Gasteiger charge is -2.10. The lowest BCUT2D eigenvalue weighted by molar-refractivity contribution is 0.145. The van der Waals surface area contributed by atoms with E-state index in [0.717, 1.165) is 5.56 Å². The standard InChI is InChI=1S/C11H14O4S/c1-9-2-4-11(5-3-9)16(12,13)15-10-6-7-14-8-10/h2-5,10H,6-8H2,1H3/t10-/m0/s1. The van der Waals surface area contributed by atoms with Gasteiger partial charge in [-0.05, 0) is 19.1 Å². The second-order valence-electron chi connectivity index (χ2n) is 3.85. The van der Waals surface area contributed by atoms with Gasteiger partial charge < -0.3 is 4.74 Å². The second kappa shape index (κ2) is 4.53. The normalized spacial score (nSPS) is 21.2. The van der Waals surface area contributed by atoms with Crippen LogP contribution in [0.2, 0.25) is 0 Å². The van der Waals surface area contributed by atoms with E-state index in [2.05, 4.69) is 0 Å². The molecule has 0 radical (unpaired) electrons. The zero-order valence-electron chi connectivity index (χ0n) is 9.05. The number of aryl methyl sites for hydroxylation is 1. The molecule has 16 heavy (non-hydrogen) atoms. The molecule has 0 N–H and O–H groups in total. The molecule has 1 aliphatic heterocycles. The lowest BCUT2D eigenvalue weighted by atomic mass is 10.2. The van der Waals surface area contributed by atoms with Crippen LogP contribution < -0.4 is 0 Å². The van der Waals surface area contributed by atoms with E-state index in [9.17, 15) is 8.42 Å². The smallest absolute Gasteiger partial charge is 0.297 e. The van der Waals surface area contributed by atoms with Crippen molar-refractivity contribution in [2.45, 2.75) is 24.3 Å². The Balaban J connectivity index is 2.14. The Labute approximate surface area is 95.3 Å². The largest absolute Gasteiger partial charge is 0.379 e. The van der Waals surface area contributed by atoms with Gasteiger partial charge in [-0.3, -0.25) is 4.18 Å². The molecule has 0 bridgehead atoms. The number of ether oxygens (including phenoxy) is 1. The highest BCUT2D eigenvalue weighted by atomic mass is 32.2. The maximum absolute atomic E-state index is 11.8. The van der Waals surface area contributed by atoms with Crippen molar-refractivity contribution in [1.29, 1.82) is 0 Å². The fraction of sp³-hybridized carbons (Fsp3) is 0.455. The van der Waals surface area contributed by atoms with Gasteiger partial charge in [0.25, 0.3) is 10.1 Å². The van der Waals surface area contributed by atoms with Gasteiger partial charge >= 0.3 is 0 Å². The van der Waals surface area contributed by atoms with Crippen LogP contribution >= 0.6 is 0 Å². The molecule has 1 aromatic carbocycles. The zero-order chi connectivity index (χ0) is 11.6. The van der Waals surface area contributed by atoms with Crippen molar-refractivity contribution < 1.29 is 17.3 Å². The molecule has 0 aliphatic carbocycles. The van der Waals surface area contributed by atoms with Gasteiger partial charge in [-0.25, -0.2) is 0 Å². The van der Waals surface area contributed by atoms with Gasteiger partial charge in [-0.15, -0.1) is 0 Å². The van der Waals surface area contributed by atoms with Gasteiger partial charge in [0.05, 0.1) is 11.5 Å². The van der Waals surface area contributed by atoms with Crippen LogP contribution in [-0.4, -0.2) is 27.7 Å². The lowest BCUT2D eigenvalue weighted by Crippen LogP contribution is -2.18. The Hall–Kier alpha value is -0.910. The highest BCUT2D eigenvalue weighted by Gasteiger charge is 2.24. The van der Waals surface area contributed by atoms with Crippen molar-refractivity contribution in [3.05, 3.63) is 29.8 Å². The van der Waals surface area contributed by atoms with Crippen LogP contribution in [0.5, 0.6) is 0 Å². The Morgan fingerprint density at radius 2 is 2.00 bits per heavy atom. The summed E-state index contributed by atoms with van der Waals surface area (Å²) in [5.41, 5.74) is 1.02. The molecule has 4 nitrogen and oxygen atoms in total. The topological polar surface area (TPSA) is 52.6 Å². The summed E-state index contributed by atoms with van der Waals surface area (Å²) >= 11 is 0. The predicted molar refractivity (Wildman–Crippen MR) is 58.7 cm³/mol. The third-order valence-corrected chi connectivity index (χ3v) is 3.84. The van der Waals surface area contributed by atoms with Crippen molar-refractivity contribution in [2.75, 3.05) is 13.2 Å². The first-order chi connectivity index (χ1) is 7.58. The van der Waals surface area contributed by atoms with Crippen LogP contribution in [0.25, 0.3) is 0 Å². The Bertz CT molecular complexity index is 443. The van der Waals surface area contributed by atoms with Gasteiger partial charge in [-0.1, -0.05) is 17.7 Å². The van der Waals surface area contributed by atoms with E-state index in [1.807, 2.05) is 6.92 Å². The van der Waals surface area contributed by atoms with E-state index >= 15 is 0 Å². The molecular weight excluding hydrogens is 228 g/mol. The number of hydrogen-bond acceptors (Lipinski definition) is 4. The summed E-state index contributed by atoms with van der Waals surface area (Å²) in [5.74, 6) is 0. The zero-order valence-corrected chi connectivity index (χ0v) is 9.87. The van der Waals surface area contributed by atoms with Gasteiger partial charge in [-0.2, -0.15) is 8.42 Å². The average Bonchev–Trinajstić information content (AvgIpc) is 2.70. The summed E-state index contributed by atoms with van der Waals surface area (Å²) in [6, 6.07) is 6.61. The minimum atomic E-state index is -3.64. The fourth-order valence-corrected chi connectivity index (χ4v) is 2.62. The summed E-state index contributed by atoms with van der Waals surface area (Å²) in [6.45, 7) is 2.82. The van der Waals surface area contributed by atoms with Crippen LogP contribution in [0, 0.1) is 6.92 Å². The Kier molecular flexibility index (Phi) is 3.28. The summed E-state index contributed by atoms with van der Waals surface area (Å²) < 4.78 is 33.8. The molecule has 0 spiro atoms. The molecule has 0 aromatic heterocycles. The van der Waals surface area contributed by atoms with Gasteiger partial charge in [0.2, 0.25) is 0 Å². The third kappa shape index (κ3) is 2.61. The number of hydrogen-bond donors (Lipinski definition) is 0. The molecule has 88 valence electrons. The number of rotatable bonds is 3. The van der Waals surface area contributed by atoms with Gasteiger partial charge in [0.1, 0.15) is 6.10 Å². The maximum Gasteiger partial charge on any atom is 0.297 e. The van der Waals surface area contributed by atoms with Gasteiger partial charge in [0, 0.05) is 13.0 Å². The maximum atomic E-state index is 11.8. The molecule has 0 amide bonds. The molecule has 1 heterocycles. The molecule has 1 fully saturated rings. The molecule has 5 heteroatoms. The van der Waals surface area contributed by atoms with Crippen molar-refractivity contribution in [1.82, 2.24) is 0 Å². The summed E-state index contributed by atoms with van der Waals surface area (Å²) in [4.78, 5) is 0.199. The van der Waals surface area contributed by atoms with E-state index in [4.69, 9.17) is 8.92 Å². The van der Waals surface area contributed by atoms with E-state index in [0.29, 0.717) is 19.6 Å². The fourth-order valence-electron chi connectivity index (χ4n) is 1.53. The van der Waals surface area contributed by atoms with Crippen LogP contribution in [0.15, 0.2) is 29.2 Å². The average molecular weight is 242 g/mol. The highest BCUT2D eigenvalue weighted by molar-refractivity contribution is 7.86. The first kappa shape index (κ1) is 11.6.